The molecule has 0 unspecified atom stereocenters. The van der Waals surface area contributed by atoms with Crippen LogP contribution in [0, 0.1) is 0 Å². The van der Waals surface area contributed by atoms with Crippen LogP contribution in [0.5, 0.6) is 0 Å². The summed E-state index contributed by atoms with van der Waals surface area (Å²) in [7, 11) is 0. The van der Waals surface area contributed by atoms with Gasteiger partial charge in [0, 0.05) is 5.38 Å². The number of hydrogen-bond acceptors (Lipinski definition) is 8. The van der Waals surface area contributed by atoms with Crippen LogP contribution in [-0.4, -0.2) is 41.0 Å². The van der Waals surface area contributed by atoms with Crippen molar-refractivity contribution in [3.05, 3.63) is 119 Å². The molecule has 8 nitrogen and oxygen atoms in total. The number of ether oxygens (including phenoxy) is 1. The molecule has 2 N–H and O–H groups in total. The van der Waals surface area contributed by atoms with Crippen molar-refractivity contribution in [3.63, 3.8) is 0 Å². The second kappa shape index (κ2) is 12.0. The van der Waals surface area contributed by atoms with Gasteiger partial charge in [-0.2, -0.15) is 0 Å². The van der Waals surface area contributed by atoms with E-state index in [-0.39, 0.29) is 18.0 Å². The Morgan fingerprint density at radius 3 is 1.89 bits per heavy atom. The van der Waals surface area contributed by atoms with Crippen molar-refractivity contribution in [2.75, 3.05) is 18.5 Å². The first kappa shape index (κ1) is 25.6. The highest BCUT2D eigenvalue weighted by Crippen LogP contribution is 2.40. The SMILES string of the molecule is CCOC(=O)C(=NOCC(=O)O)c1csc(NC(c2ccccc2)(c2ccccc2)c2ccccc2)n1. The lowest BCUT2D eigenvalue weighted by molar-refractivity contribution is -0.142. The molecule has 0 fully saturated rings. The molecule has 0 radical (unpaired) electrons. The number of carboxylic acids is 1. The Bertz CT molecular complexity index is 1260. The monoisotopic (exact) mass is 515 g/mol. The van der Waals surface area contributed by atoms with E-state index in [1.54, 1.807) is 12.3 Å². The summed E-state index contributed by atoms with van der Waals surface area (Å²) in [5.74, 6) is -1.98. The molecule has 9 heteroatoms. The van der Waals surface area contributed by atoms with Crippen LogP contribution in [0.25, 0.3) is 0 Å². The highest BCUT2D eigenvalue weighted by Gasteiger charge is 2.37. The van der Waals surface area contributed by atoms with E-state index in [1.165, 1.54) is 11.3 Å². The number of esters is 1. The molecule has 4 aromatic rings. The number of carbonyl (C=O) groups is 2. The van der Waals surface area contributed by atoms with E-state index in [1.807, 2.05) is 91.0 Å². The second-order valence-electron chi connectivity index (χ2n) is 7.84. The average Bonchev–Trinajstić information content (AvgIpc) is 3.39. The largest absolute Gasteiger partial charge is 0.479 e. The maximum atomic E-state index is 12.5. The molecule has 188 valence electrons. The number of hydrogen-bond donors (Lipinski definition) is 2. The zero-order valence-corrected chi connectivity index (χ0v) is 20.9. The Morgan fingerprint density at radius 2 is 1.43 bits per heavy atom. The maximum absolute atomic E-state index is 12.5. The van der Waals surface area contributed by atoms with Crippen LogP contribution in [0.1, 0.15) is 29.3 Å². The van der Waals surface area contributed by atoms with Crippen molar-refractivity contribution in [2.24, 2.45) is 5.16 Å². The average molecular weight is 516 g/mol. The van der Waals surface area contributed by atoms with Crippen molar-refractivity contribution in [1.29, 1.82) is 0 Å². The van der Waals surface area contributed by atoms with Gasteiger partial charge in [-0.15, -0.1) is 11.3 Å². The van der Waals surface area contributed by atoms with Gasteiger partial charge in [0.25, 0.3) is 0 Å². The number of carbonyl (C=O) groups excluding carboxylic acids is 1. The third-order valence-electron chi connectivity index (χ3n) is 5.47. The molecular weight excluding hydrogens is 490 g/mol. The molecule has 0 bridgehead atoms. The van der Waals surface area contributed by atoms with E-state index in [2.05, 4.69) is 15.5 Å². The Labute approximate surface area is 218 Å². The lowest BCUT2D eigenvalue weighted by atomic mass is 9.77. The molecule has 1 aromatic heterocycles. The zero-order chi connectivity index (χ0) is 26.1. The van der Waals surface area contributed by atoms with Crippen molar-refractivity contribution < 1.29 is 24.3 Å². The number of nitrogens with zero attached hydrogens (tertiary/aromatic N) is 2. The van der Waals surface area contributed by atoms with Gasteiger partial charge in [0.2, 0.25) is 12.3 Å². The number of aromatic nitrogens is 1. The van der Waals surface area contributed by atoms with Gasteiger partial charge in [-0.05, 0) is 23.6 Å². The van der Waals surface area contributed by atoms with E-state index in [0.29, 0.717) is 5.13 Å². The number of nitrogens with one attached hydrogen (secondary N) is 1. The number of benzene rings is 3. The minimum absolute atomic E-state index is 0.116. The number of anilines is 1. The summed E-state index contributed by atoms with van der Waals surface area (Å²) in [6.45, 7) is 1.08. The first-order valence-electron chi connectivity index (χ1n) is 11.5. The maximum Gasteiger partial charge on any atom is 0.362 e. The van der Waals surface area contributed by atoms with Crippen molar-refractivity contribution >= 4 is 34.1 Å². The summed E-state index contributed by atoms with van der Waals surface area (Å²) in [6.07, 6.45) is 0. The second-order valence-corrected chi connectivity index (χ2v) is 8.70. The van der Waals surface area contributed by atoms with Gasteiger partial charge in [0.15, 0.2) is 5.13 Å². The van der Waals surface area contributed by atoms with Crippen molar-refractivity contribution in [1.82, 2.24) is 4.98 Å². The lowest BCUT2D eigenvalue weighted by Crippen LogP contribution is -2.38. The fraction of sp³-hybridized carbons (Fsp3) is 0.143. The summed E-state index contributed by atoms with van der Waals surface area (Å²) in [5, 5.41) is 18.4. The van der Waals surface area contributed by atoms with E-state index < -0.39 is 24.1 Å². The highest BCUT2D eigenvalue weighted by atomic mass is 32.1. The van der Waals surface area contributed by atoms with Crippen LogP contribution in [0.15, 0.2) is 102 Å². The molecule has 0 atom stereocenters. The summed E-state index contributed by atoms with van der Waals surface area (Å²) in [6, 6.07) is 30.1. The van der Waals surface area contributed by atoms with Gasteiger partial charge < -0.3 is 20.0 Å². The highest BCUT2D eigenvalue weighted by molar-refractivity contribution is 7.14. The van der Waals surface area contributed by atoms with Crippen LogP contribution in [0.3, 0.4) is 0 Å². The molecule has 0 spiro atoms. The zero-order valence-electron chi connectivity index (χ0n) is 20.0. The Hall–Kier alpha value is -4.50. The summed E-state index contributed by atoms with van der Waals surface area (Å²) in [4.78, 5) is 32.8. The fourth-order valence-electron chi connectivity index (χ4n) is 3.92. The fourth-order valence-corrected chi connectivity index (χ4v) is 4.67. The third-order valence-corrected chi connectivity index (χ3v) is 6.23. The van der Waals surface area contributed by atoms with E-state index in [4.69, 9.17) is 14.7 Å². The van der Waals surface area contributed by atoms with Gasteiger partial charge in [0.1, 0.15) is 11.2 Å². The molecular formula is C28H25N3O5S. The van der Waals surface area contributed by atoms with E-state index in [9.17, 15) is 9.59 Å². The molecule has 0 amide bonds. The predicted octanol–water partition coefficient (Wildman–Crippen LogP) is 4.92. The quantitative estimate of drug-likeness (QED) is 0.126. The van der Waals surface area contributed by atoms with Gasteiger partial charge >= 0.3 is 11.9 Å². The van der Waals surface area contributed by atoms with Crippen molar-refractivity contribution in [2.45, 2.75) is 12.5 Å². The molecule has 1 heterocycles. The van der Waals surface area contributed by atoms with Crippen LogP contribution >= 0.6 is 11.3 Å². The minimum atomic E-state index is -1.22. The number of oxime groups is 1. The molecule has 0 aliphatic rings. The molecule has 0 saturated heterocycles. The number of thiazole rings is 1. The third kappa shape index (κ3) is 5.84. The predicted molar refractivity (Wildman–Crippen MR) is 142 cm³/mol. The van der Waals surface area contributed by atoms with Crippen LogP contribution < -0.4 is 5.32 Å². The van der Waals surface area contributed by atoms with Gasteiger partial charge in [0.05, 0.1) is 6.61 Å². The number of aliphatic carboxylic acids is 1. The molecule has 37 heavy (non-hydrogen) atoms. The van der Waals surface area contributed by atoms with Gasteiger partial charge in [-0.1, -0.05) is 96.2 Å². The van der Waals surface area contributed by atoms with Crippen molar-refractivity contribution in [3.8, 4) is 0 Å². The number of carboxylic acid groups (broad SMARTS) is 1. The van der Waals surface area contributed by atoms with Crippen LogP contribution in [-0.2, 0) is 24.7 Å². The van der Waals surface area contributed by atoms with Crippen LogP contribution in [0.2, 0.25) is 0 Å². The Balaban J connectivity index is 1.81. The minimum Gasteiger partial charge on any atom is -0.479 e. The molecule has 4 rings (SSSR count). The summed E-state index contributed by atoms with van der Waals surface area (Å²) < 4.78 is 5.08. The van der Waals surface area contributed by atoms with Gasteiger partial charge in [-0.3, -0.25) is 0 Å². The van der Waals surface area contributed by atoms with Gasteiger partial charge in [-0.25, -0.2) is 14.6 Å². The molecule has 0 aliphatic heterocycles. The number of rotatable bonds is 11. The standard InChI is InChI=1S/C28H25N3O5S/c1-2-35-26(34)25(31-36-18-24(32)33)23-19-37-27(29-23)30-28(20-12-6-3-7-13-20,21-14-8-4-9-15-21)22-16-10-5-11-17-22/h3-17,19H,2,18H2,1H3,(H,29,30)(H,32,33). The Kier molecular flexibility index (Phi) is 8.27. The normalized spacial score (nSPS) is 11.5. The summed E-state index contributed by atoms with van der Waals surface area (Å²) >= 11 is 1.28. The smallest absolute Gasteiger partial charge is 0.362 e. The lowest BCUT2D eigenvalue weighted by Gasteiger charge is -2.36. The first-order valence-corrected chi connectivity index (χ1v) is 12.4. The summed E-state index contributed by atoms with van der Waals surface area (Å²) in [5.41, 5.74) is 2.17. The first-order chi connectivity index (χ1) is 18.0. The molecule has 0 saturated carbocycles. The Morgan fingerprint density at radius 1 is 0.919 bits per heavy atom. The topological polar surface area (TPSA) is 110 Å². The van der Waals surface area contributed by atoms with Crippen LogP contribution in [0.4, 0.5) is 5.13 Å². The molecule has 0 aliphatic carbocycles. The molecule has 3 aromatic carbocycles. The van der Waals surface area contributed by atoms with E-state index >= 15 is 0 Å². The van der Waals surface area contributed by atoms with E-state index in [0.717, 1.165) is 16.7 Å².